The van der Waals surface area contributed by atoms with E-state index in [2.05, 4.69) is 86.9 Å². The molecule has 0 aliphatic rings. The van der Waals surface area contributed by atoms with Crippen LogP contribution in [-0.4, -0.2) is 5.54 Å². The first-order valence-electron chi connectivity index (χ1n) is 6.11. The second kappa shape index (κ2) is 10.6. The highest BCUT2D eigenvalue weighted by molar-refractivity contribution is 5.47. The Morgan fingerprint density at radius 3 is 2.20 bits per heavy atom. The van der Waals surface area contributed by atoms with Crippen molar-refractivity contribution < 1.29 is 0 Å². The van der Waals surface area contributed by atoms with Crippen LogP contribution in [0.25, 0.3) is 0 Å². The van der Waals surface area contributed by atoms with E-state index in [-0.39, 0.29) is 11.7 Å². The molecule has 1 aromatic carbocycles. The number of rotatable bonds is 1. The molecule has 0 aliphatic heterocycles. The fourth-order valence-electron chi connectivity index (χ4n) is 1.29. The van der Waals surface area contributed by atoms with Gasteiger partial charge in [-0.15, -0.1) is 6.42 Å². The Bertz CT molecular complexity index is 549. The summed E-state index contributed by atoms with van der Waals surface area (Å²) in [5, 5.41) is 3.42. The maximum Gasteiger partial charge on any atom is 0.0346 e. The number of aryl methyl sites for hydroxylation is 1. The molecular formula is C18H24N2. The molecule has 0 bridgehead atoms. The highest BCUT2D eigenvalue weighted by atomic mass is 14.9. The second-order valence-corrected chi connectivity index (χ2v) is 5.01. The zero-order valence-corrected chi connectivity index (χ0v) is 13.1. The Balaban J connectivity index is 0. The van der Waals surface area contributed by atoms with Crippen LogP contribution in [0.15, 0.2) is 24.3 Å². The lowest BCUT2D eigenvalue weighted by molar-refractivity contribution is 0.634. The highest BCUT2D eigenvalue weighted by Crippen LogP contribution is 2.15. The Morgan fingerprint density at radius 2 is 1.75 bits per heavy atom. The number of hydrogen-bond donors (Lipinski definition) is 2. The lowest BCUT2D eigenvalue weighted by Crippen LogP contribution is -2.25. The molecule has 0 unspecified atom stereocenters. The third-order valence-corrected chi connectivity index (χ3v) is 1.86. The molecule has 0 atom stereocenters. The van der Waals surface area contributed by atoms with E-state index in [9.17, 15) is 0 Å². The lowest BCUT2D eigenvalue weighted by Gasteiger charge is -2.22. The fraction of sp³-hybridized carbons (Fsp3) is 0.333. The van der Waals surface area contributed by atoms with Crippen LogP contribution in [0.4, 0.5) is 5.69 Å². The van der Waals surface area contributed by atoms with Crippen molar-refractivity contribution in [1.82, 2.24) is 6.15 Å². The first kappa shape index (κ1) is 20.0. The molecule has 0 spiro atoms. The largest absolute Gasteiger partial charge is 0.380 e. The van der Waals surface area contributed by atoms with Gasteiger partial charge in [0.05, 0.1) is 0 Å². The van der Waals surface area contributed by atoms with E-state index >= 15 is 0 Å². The van der Waals surface area contributed by atoms with E-state index < -0.39 is 0 Å². The maximum atomic E-state index is 4.78. The standard InChI is InChI=1S/C11H17N.C7H4.H3N/c1-9-6-5-7-10(8-9)12-11(2,3)4;1-3-5-7-6-4-2;/h5-8,12H,1-4H3;1H,2H3;1H3. The molecule has 1 rings (SSSR count). The fourth-order valence-corrected chi connectivity index (χ4v) is 1.29. The van der Waals surface area contributed by atoms with Gasteiger partial charge in [0.15, 0.2) is 0 Å². The van der Waals surface area contributed by atoms with Gasteiger partial charge in [-0.2, -0.15) is 0 Å². The van der Waals surface area contributed by atoms with Crippen molar-refractivity contribution in [3.05, 3.63) is 29.8 Å². The molecule has 20 heavy (non-hydrogen) atoms. The van der Waals surface area contributed by atoms with Gasteiger partial charge in [0.2, 0.25) is 0 Å². The van der Waals surface area contributed by atoms with Crippen molar-refractivity contribution in [1.29, 1.82) is 0 Å². The molecule has 0 aliphatic carbocycles. The summed E-state index contributed by atoms with van der Waals surface area (Å²) in [6.07, 6.45) is 4.78. The van der Waals surface area contributed by atoms with Crippen LogP contribution in [0.1, 0.15) is 33.3 Å². The summed E-state index contributed by atoms with van der Waals surface area (Å²) in [6, 6.07) is 8.43. The first-order chi connectivity index (χ1) is 8.89. The first-order valence-corrected chi connectivity index (χ1v) is 6.11. The van der Waals surface area contributed by atoms with Gasteiger partial charge in [-0.3, -0.25) is 0 Å². The Kier molecular flexibility index (Phi) is 10.6. The van der Waals surface area contributed by atoms with Crippen molar-refractivity contribution in [2.45, 2.75) is 40.2 Å². The van der Waals surface area contributed by atoms with Gasteiger partial charge in [0.25, 0.3) is 0 Å². The SMILES string of the molecule is C#CC#CC#CC.Cc1cccc(NC(C)(C)C)c1.N. The van der Waals surface area contributed by atoms with Crippen molar-refractivity contribution in [2.75, 3.05) is 5.32 Å². The summed E-state index contributed by atoms with van der Waals surface area (Å²) >= 11 is 0. The smallest absolute Gasteiger partial charge is 0.0346 e. The zero-order chi connectivity index (χ0) is 14.7. The van der Waals surface area contributed by atoms with Gasteiger partial charge in [0, 0.05) is 11.2 Å². The molecule has 106 valence electrons. The highest BCUT2D eigenvalue weighted by Gasteiger charge is 2.08. The zero-order valence-electron chi connectivity index (χ0n) is 13.1. The van der Waals surface area contributed by atoms with E-state index in [4.69, 9.17) is 6.42 Å². The molecule has 0 saturated carbocycles. The van der Waals surface area contributed by atoms with Crippen LogP contribution < -0.4 is 11.5 Å². The Labute approximate surface area is 123 Å². The van der Waals surface area contributed by atoms with E-state index in [1.165, 1.54) is 11.3 Å². The summed E-state index contributed by atoms with van der Waals surface area (Å²) in [5.41, 5.74) is 2.64. The van der Waals surface area contributed by atoms with Gasteiger partial charge in [-0.1, -0.05) is 18.1 Å². The van der Waals surface area contributed by atoms with Crippen molar-refractivity contribution in [2.24, 2.45) is 0 Å². The number of nitrogens with one attached hydrogen (secondary N) is 1. The van der Waals surface area contributed by atoms with Crippen LogP contribution in [0.2, 0.25) is 0 Å². The quantitative estimate of drug-likeness (QED) is 0.756. The predicted molar refractivity (Wildman–Crippen MR) is 89.6 cm³/mol. The molecule has 0 saturated heterocycles. The van der Waals surface area contributed by atoms with E-state index in [1.54, 1.807) is 6.92 Å². The van der Waals surface area contributed by atoms with E-state index in [1.807, 2.05) is 0 Å². The minimum absolute atomic E-state index is 0. The van der Waals surface area contributed by atoms with Gasteiger partial charge in [-0.25, -0.2) is 0 Å². The van der Waals surface area contributed by atoms with Crippen LogP contribution >= 0.6 is 0 Å². The molecule has 0 heterocycles. The van der Waals surface area contributed by atoms with Gasteiger partial charge in [-0.05, 0) is 76.0 Å². The Hall–Kier alpha value is -2.34. The molecule has 0 radical (unpaired) electrons. The average Bonchev–Trinajstić information content (AvgIpc) is 2.28. The van der Waals surface area contributed by atoms with Crippen LogP contribution in [0, 0.1) is 42.9 Å². The van der Waals surface area contributed by atoms with E-state index in [0.717, 1.165) is 0 Å². The Morgan fingerprint density at radius 1 is 1.10 bits per heavy atom. The number of benzene rings is 1. The van der Waals surface area contributed by atoms with Gasteiger partial charge in [0.1, 0.15) is 0 Å². The summed E-state index contributed by atoms with van der Waals surface area (Å²) in [4.78, 5) is 0. The molecule has 0 amide bonds. The summed E-state index contributed by atoms with van der Waals surface area (Å²) in [6.45, 7) is 10.3. The second-order valence-electron chi connectivity index (χ2n) is 5.01. The topological polar surface area (TPSA) is 47.0 Å². The number of terminal acetylenes is 1. The molecule has 1 aromatic rings. The monoisotopic (exact) mass is 268 g/mol. The van der Waals surface area contributed by atoms with Crippen LogP contribution in [0.5, 0.6) is 0 Å². The molecular weight excluding hydrogens is 244 g/mol. The molecule has 0 fully saturated rings. The van der Waals surface area contributed by atoms with Gasteiger partial charge >= 0.3 is 0 Å². The van der Waals surface area contributed by atoms with Crippen molar-refractivity contribution in [3.63, 3.8) is 0 Å². The van der Waals surface area contributed by atoms with Gasteiger partial charge < -0.3 is 11.5 Å². The minimum atomic E-state index is 0. The average molecular weight is 268 g/mol. The molecule has 4 N–H and O–H groups in total. The summed E-state index contributed by atoms with van der Waals surface area (Å²) in [5.74, 6) is 12.0. The van der Waals surface area contributed by atoms with Crippen molar-refractivity contribution in [3.8, 4) is 36.0 Å². The van der Waals surface area contributed by atoms with E-state index in [0.29, 0.717) is 0 Å². The third kappa shape index (κ3) is 12.1. The van der Waals surface area contributed by atoms with Crippen molar-refractivity contribution >= 4 is 5.69 Å². The normalized spacial score (nSPS) is 8.00. The van der Waals surface area contributed by atoms with Crippen LogP contribution in [-0.2, 0) is 0 Å². The molecule has 0 aromatic heterocycles. The molecule has 2 nitrogen and oxygen atoms in total. The predicted octanol–water partition coefficient (Wildman–Crippen LogP) is 4.01. The lowest BCUT2D eigenvalue weighted by atomic mass is 10.1. The maximum absolute atomic E-state index is 4.78. The summed E-state index contributed by atoms with van der Waals surface area (Å²) < 4.78 is 0. The number of anilines is 1. The third-order valence-electron chi connectivity index (χ3n) is 1.86. The summed E-state index contributed by atoms with van der Waals surface area (Å²) in [7, 11) is 0. The van der Waals surface area contributed by atoms with Crippen LogP contribution in [0.3, 0.4) is 0 Å². The minimum Gasteiger partial charge on any atom is -0.380 e. The number of hydrogen-bond acceptors (Lipinski definition) is 2. The molecule has 2 heteroatoms.